The van der Waals surface area contributed by atoms with E-state index in [4.69, 9.17) is 17.3 Å². The van der Waals surface area contributed by atoms with Crippen LogP contribution in [0, 0.1) is 0 Å². The van der Waals surface area contributed by atoms with Gasteiger partial charge in [-0.3, -0.25) is 4.79 Å². The van der Waals surface area contributed by atoms with Crippen molar-refractivity contribution in [2.75, 3.05) is 11.9 Å². The molecule has 0 spiro atoms. The van der Waals surface area contributed by atoms with Crippen LogP contribution in [0.2, 0.25) is 5.02 Å². The number of carbonyl (C=O) groups excluding carboxylic acids is 1. The molecule has 1 rings (SSSR count). The summed E-state index contributed by atoms with van der Waals surface area (Å²) in [6.07, 6.45) is 1.14. The quantitative estimate of drug-likeness (QED) is 0.896. The van der Waals surface area contributed by atoms with Gasteiger partial charge in [0, 0.05) is 16.6 Å². The normalized spacial score (nSPS) is 10.1. The van der Waals surface area contributed by atoms with E-state index in [1.807, 2.05) is 0 Å². The third-order valence-corrected chi connectivity index (χ3v) is 3.03. The summed E-state index contributed by atoms with van der Waals surface area (Å²) in [6.45, 7) is 0.526. The minimum Gasteiger partial charge on any atom is -0.330 e. The molecule has 0 unspecified atom stereocenters. The number of rotatable bonds is 4. The van der Waals surface area contributed by atoms with Crippen LogP contribution in [0.4, 0.5) is 5.69 Å². The van der Waals surface area contributed by atoms with Crippen molar-refractivity contribution in [3.63, 3.8) is 0 Å². The molecule has 3 nitrogen and oxygen atoms in total. The Morgan fingerprint density at radius 2 is 2.27 bits per heavy atom. The largest absolute Gasteiger partial charge is 0.330 e. The van der Waals surface area contributed by atoms with Crippen LogP contribution in [-0.2, 0) is 4.79 Å². The number of hydrogen-bond acceptors (Lipinski definition) is 2. The maximum atomic E-state index is 11.4. The molecule has 1 aromatic carbocycles. The first-order chi connectivity index (χ1) is 7.13. The summed E-state index contributed by atoms with van der Waals surface area (Å²) >= 11 is 9.11. The van der Waals surface area contributed by atoms with Crippen molar-refractivity contribution in [3.05, 3.63) is 27.7 Å². The zero-order valence-corrected chi connectivity index (χ0v) is 10.4. The van der Waals surface area contributed by atoms with E-state index in [9.17, 15) is 4.79 Å². The number of nitrogens with two attached hydrogens (primary N) is 1. The summed E-state index contributed by atoms with van der Waals surface area (Å²) in [7, 11) is 0. The molecule has 82 valence electrons. The SMILES string of the molecule is NCCCC(=O)Nc1ccc(Cl)c(Br)c1. The first-order valence-electron chi connectivity index (χ1n) is 4.58. The van der Waals surface area contributed by atoms with Crippen molar-refractivity contribution in [1.29, 1.82) is 0 Å². The van der Waals surface area contributed by atoms with Gasteiger partial charge in [0.05, 0.1) is 5.02 Å². The number of carbonyl (C=O) groups is 1. The maximum absolute atomic E-state index is 11.4. The molecule has 1 amide bonds. The molecule has 0 aliphatic carbocycles. The van der Waals surface area contributed by atoms with E-state index in [1.165, 1.54) is 0 Å². The van der Waals surface area contributed by atoms with Crippen molar-refractivity contribution in [1.82, 2.24) is 0 Å². The molecule has 0 radical (unpaired) electrons. The zero-order chi connectivity index (χ0) is 11.3. The summed E-state index contributed by atoms with van der Waals surface area (Å²) in [6, 6.07) is 5.25. The van der Waals surface area contributed by atoms with Crippen molar-refractivity contribution >= 4 is 39.1 Å². The van der Waals surface area contributed by atoms with Gasteiger partial charge < -0.3 is 11.1 Å². The van der Waals surface area contributed by atoms with E-state index < -0.39 is 0 Å². The Morgan fingerprint density at radius 1 is 1.53 bits per heavy atom. The van der Waals surface area contributed by atoms with Crippen LogP contribution in [0.1, 0.15) is 12.8 Å². The number of benzene rings is 1. The maximum Gasteiger partial charge on any atom is 0.224 e. The monoisotopic (exact) mass is 290 g/mol. The third kappa shape index (κ3) is 4.20. The minimum atomic E-state index is -0.0327. The predicted octanol–water partition coefficient (Wildman–Crippen LogP) is 2.78. The Kier molecular flexibility index (Phi) is 5.08. The molecule has 15 heavy (non-hydrogen) atoms. The number of halogens is 2. The highest BCUT2D eigenvalue weighted by atomic mass is 79.9. The lowest BCUT2D eigenvalue weighted by atomic mass is 10.2. The fraction of sp³-hybridized carbons (Fsp3) is 0.300. The van der Waals surface area contributed by atoms with Crippen molar-refractivity contribution in [3.8, 4) is 0 Å². The van der Waals surface area contributed by atoms with E-state index in [1.54, 1.807) is 18.2 Å². The van der Waals surface area contributed by atoms with Crippen LogP contribution >= 0.6 is 27.5 Å². The summed E-state index contributed by atoms with van der Waals surface area (Å²) in [4.78, 5) is 11.4. The zero-order valence-electron chi connectivity index (χ0n) is 8.09. The Labute approximate surface area is 102 Å². The minimum absolute atomic E-state index is 0.0327. The summed E-state index contributed by atoms with van der Waals surface area (Å²) < 4.78 is 0.765. The lowest BCUT2D eigenvalue weighted by molar-refractivity contribution is -0.116. The average Bonchev–Trinajstić information content (AvgIpc) is 2.20. The predicted molar refractivity (Wildman–Crippen MR) is 66.1 cm³/mol. The van der Waals surface area contributed by atoms with Gasteiger partial charge in [-0.15, -0.1) is 0 Å². The second-order valence-corrected chi connectivity index (χ2v) is 4.33. The Hall–Kier alpha value is -0.580. The van der Waals surface area contributed by atoms with Crippen LogP contribution in [0.15, 0.2) is 22.7 Å². The molecule has 0 bridgehead atoms. The van der Waals surface area contributed by atoms with Crippen LogP contribution in [0.3, 0.4) is 0 Å². The number of amides is 1. The fourth-order valence-corrected chi connectivity index (χ4v) is 1.56. The third-order valence-electron chi connectivity index (χ3n) is 1.81. The molecular formula is C10H12BrClN2O. The highest BCUT2D eigenvalue weighted by molar-refractivity contribution is 9.10. The number of hydrogen-bond donors (Lipinski definition) is 2. The molecule has 1 aromatic rings. The standard InChI is InChI=1S/C10H12BrClN2O/c11-8-6-7(3-4-9(8)12)14-10(15)2-1-5-13/h3-4,6H,1-2,5,13H2,(H,14,15). The van der Waals surface area contributed by atoms with E-state index in [0.29, 0.717) is 24.4 Å². The molecule has 0 atom stereocenters. The van der Waals surface area contributed by atoms with Crippen molar-refractivity contribution < 1.29 is 4.79 Å². The molecule has 0 saturated heterocycles. The van der Waals surface area contributed by atoms with Crippen LogP contribution in [-0.4, -0.2) is 12.5 Å². The van der Waals surface area contributed by atoms with E-state index in [0.717, 1.165) is 10.2 Å². The topological polar surface area (TPSA) is 55.1 Å². The molecule has 0 aliphatic heterocycles. The van der Waals surface area contributed by atoms with Crippen LogP contribution < -0.4 is 11.1 Å². The average molecular weight is 292 g/mol. The highest BCUT2D eigenvalue weighted by Crippen LogP contribution is 2.25. The second kappa shape index (κ2) is 6.10. The van der Waals surface area contributed by atoms with Crippen LogP contribution in [0.25, 0.3) is 0 Å². The summed E-state index contributed by atoms with van der Waals surface area (Å²) in [5, 5.41) is 3.38. The highest BCUT2D eigenvalue weighted by Gasteiger charge is 2.03. The van der Waals surface area contributed by atoms with Gasteiger partial charge >= 0.3 is 0 Å². The Morgan fingerprint density at radius 3 is 2.87 bits per heavy atom. The molecule has 5 heteroatoms. The van der Waals surface area contributed by atoms with Gasteiger partial charge in [-0.2, -0.15) is 0 Å². The summed E-state index contributed by atoms with van der Waals surface area (Å²) in [5.41, 5.74) is 6.04. The van der Waals surface area contributed by atoms with Gasteiger partial charge in [0.1, 0.15) is 0 Å². The van der Waals surface area contributed by atoms with E-state index in [2.05, 4.69) is 21.2 Å². The molecular weight excluding hydrogens is 279 g/mol. The van der Waals surface area contributed by atoms with E-state index >= 15 is 0 Å². The van der Waals surface area contributed by atoms with Gasteiger partial charge in [0.2, 0.25) is 5.91 Å². The van der Waals surface area contributed by atoms with Gasteiger partial charge in [0.25, 0.3) is 0 Å². The van der Waals surface area contributed by atoms with Gasteiger partial charge in [-0.1, -0.05) is 11.6 Å². The fourth-order valence-electron chi connectivity index (χ4n) is 1.06. The van der Waals surface area contributed by atoms with Crippen LogP contribution in [0.5, 0.6) is 0 Å². The smallest absolute Gasteiger partial charge is 0.224 e. The van der Waals surface area contributed by atoms with Crippen molar-refractivity contribution in [2.24, 2.45) is 5.73 Å². The molecule has 0 aliphatic rings. The van der Waals surface area contributed by atoms with Gasteiger partial charge in [0.15, 0.2) is 0 Å². The molecule has 0 heterocycles. The lowest BCUT2D eigenvalue weighted by Gasteiger charge is -2.05. The Bertz CT molecular complexity index is 357. The first kappa shape index (κ1) is 12.5. The second-order valence-electron chi connectivity index (χ2n) is 3.07. The molecule has 0 aromatic heterocycles. The number of anilines is 1. The molecule has 3 N–H and O–H groups in total. The molecule has 0 fully saturated rings. The molecule has 0 saturated carbocycles. The van der Waals surface area contributed by atoms with Crippen molar-refractivity contribution in [2.45, 2.75) is 12.8 Å². The number of nitrogens with one attached hydrogen (secondary N) is 1. The lowest BCUT2D eigenvalue weighted by Crippen LogP contribution is -2.13. The summed E-state index contributed by atoms with van der Waals surface area (Å²) in [5.74, 6) is -0.0327. The van der Waals surface area contributed by atoms with Gasteiger partial charge in [-0.05, 0) is 47.1 Å². The first-order valence-corrected chi connectivity index (χ1v) is 5.75. The Balaban J connectivity index is 2.57. The van der Waals surface area contributed by atoms with E-state index in [-0.39, 0.29) is 5.91 Å². The van der Waals surface area contributed by atoms with Gasteiger partial charge in [-0.25, -0.2) is 0 Å².